The molecule has 3 aromatic rings. The van der Waals surface area contributed by atoms with Gasteiger partial charge in [0.15, 0.2) is 0 Å². The van der Waals surface area contributed by atoms with Crippen LogP contribution < -0.4 is 0 Å². The summed E-state index contributed by atoms with van der Waals surface area (Å²) in [7, 11) is 0. The highest BCUT2D eigenvalue weighted by Gasteiger charge is 2.25. The van der Waals surface area contributed by atoms with Crippen molar-refractivity contribution in [3.05, 3.63) is 81.9 Å². The van der Waals surface area contributed by atoms with E-state index in [-0.39, 0.29) is 17.9 Å². The quantitative estimate of drug-likeness (QED) is 0.578. The fourth-order valence-electron chi connectivity index (χ4n) is 3.49. The molecule has 0 spiro atoms. The number of hydrogen-bond donors (Lipinski definition) is 2. The number of H-pyrrole nitrogens is 2. The Balaban J connectivity index is 2.09. The minimum Gasteiger partial charge on any atom is -0.462 e. The lowest BCUT2D eigenvalue weighted by molar-refractivity contribution is 0.0516. The Bertz CT molecular complexity index is 939. The Hall–Kier alpha value is -3.28. The van der Waals surface area contributed by atoms with Gasteiger partial charge in [0, 0.05) is 22.8 Å². The molecular formula is C23H26N2O4. The van der Waals surface area contributed by atoms with Gasteiger partial charge in [0.25, 0.3) is 0 Å². The van der Waals surface area contributed by atoms with E-state index in [1.807, 2.05) is 56.3 Å². The number of rotatable bonds is 7. The second kappa shape index (κ2) is 8.82. The molecule has 0 fully saturated rings. The van der Waals surface area contributed by atoms with Gasteiger partial charge in [-0.1, -0.05) is 30.3 Å². The van der Waals surface area contributed by atoms with Gasteiger partial charge in [0.2, 0.25) is 0 Å². The van der Waals surface area contributed by atoms with Gasteiger partial charge >= 0.3 is 11.9 Å². The van der Waals surface area contributed by atoms with Gasteiger partial charge in [-0.3, -0.25) is 0 Å². The first-order valence-corrected chi connectivity index (χ1v) is 9.74. The van der Waals surface area contributed by atoms with Crippen LogP contribution in [0.1, 0.15) is 68.8 Å². The second-order valence-corrected chi connectivity index (χ2v) is 6.81. The minimum atomic E-state index is -0.353. The summed E-state index contributed by atoms with van der Waals surface area (Å²) < 4.78 is 10.3. The largest absolute Gasteiger partial charge is 0.462 e. The van der Waals surface area contributed by atoms with E-state index in [9.17, 15) is 9.59 Å². The predicted molar refractivity (Wildman–Crippen MR) is 110 cm³/mol. The fourth-order valence-corrected chi connectivity index (χ4v) is 3.49. The molecule has 0 radical (unpaired) electrons. The molecule has 0 unspecified atom stereocenters. The zero-order chi connectivity index (χ0) is 21.0. The van der Waals surface area contributed by atoms with E-state index in [0.717, 1.165) is 28.3 Å². The summed E-state index contributed by atoms with van der Waals surface area (Å²) in [5.41, 5.74) is 5.22. The summed E-state index contributed by atoms with van der Waals surface area (Å²) in [6.45, 7) is 7.90. The highest BCUT2D eigenvalue weighted by molar-refractivity contribution is 5.92. The highest BCUT2D eigenvalue weighted by Crippen LogP contribution is 2.33. The molecular weight excluding hydrogens is 368 g/mol. The Morgan fingerprint density at radius 3 is 1.69 bits per heavy atom. The summed E-state index contributed by atoms with van der Waals surface area (Å²) in [6, 6.07) is 13.6. The van der Waals surface area contributed by atoms with Crippen LogP contribution in [0, 0.1) is 13.8 Å². The van der Waals surface area contributed by atoms with Crippen LogP contribution in [-0.2, 0) is 9.47 Å². The number of nitrogens with one attached hydrogen (secondary N) is 2. The zero-order valence-corrected chi connectivity index (χ0v) is 17.2. The van der Waals surface area contributed by atoms with Crippen molar-refractivity contribution in [2.45, 2.75) is 33.6 Å². The third kappa shape index (κ3) is 4.26. The number of carbonyl (C=O) groups is 2. The number of hydrogen-bond acceptors (Lipinski definition) is 4. The van der Waals surface area contributed by atoms with Crippen LogP contribution in [0.15, 0.2) is 42.5 Å². The third-order valence-electron chi connectivity index (χ3n) is 4.82. The molecule has 0 atom stereocenters. The number of benzene rings is 1. The summed E-state index contributed by atoms with van der Waals surface area (Å²) >= 11 is 0. The fraction of sp³-hybridized carbons (Fsp3) is 0.304. The lowest BCUT2D eigenvalue weighted by Crippen LogP contribution is -2.06. The van der Waals surface area contributed by atoms with Crippen LogP contribution in [0.4, 0.5) is 0 Å². The van der Waals surface area contributed by atoms with Gasteiger partial charge in [0.1, 0.15) is 0 Å². The lowest BCUT2D eigenvalue weighted by atomic mass is 9.92. The molecule has 1 aromatic carbocycles. The van der Waals surface area contributed by atoms with E-state index in [0.29, 0.717) is 24.3 Å². The third-order valence-corrected chi connectivity index (χ3v) is 4.82. The van der Waals surface area contributed by atoms with Crippen molar-refractivity contribution in [1.29, 1.82) is 0 Å². The van der Waals surface area contributed by atoms with Gasteiger partial charge in [-0.25, -0.2) is 9.59 Å². The van der Waals surface area contributed by atoms with Gasteiger partial charge in [0.05, 0.1) is 30.3 Å². The Kier molecular flexibility index (Phi) is 6.22. The Morgan fingerprint density at radius 2 is 1.28 bits per heavy atom. The summed E-state index contributed by atoms with van der Waals surface area (Å²) in [5.74, 6) is -0.914. The maximum Gasteiger partial charge on any atom is 0.339 e. The monoisotopic (exact) mass is 394 g/mol. The first kappa shape index (κ1) is 20.5. The molecule has 2 N–H and O–H groups in total. The highest BCUT2D eigenvalue weighted by atomic mass is 16.5. The number of aromatic nitrogens is 2. The van der Waals surface area contributed by atoms with Crippen LogP contribution in [0.5, 0.6) is 0 Å². The van der Waals surface area contributed by atoms with Crippen LogP contribution in [0.3, 0.4) is 0 Å². The Labute approximate surface area is 170 Å². The molecule has 6 nitrogen and oxygen atoms in total. The number of carbonyl (C=O) groups excluding carboxylic acids is 2. The van der Waals surface area contributed by atoms with E-state index < -0.39 is 0 Å². The maximum absolute atomic E-state index is 12.3. The van der Waals surface area contributed by atoms with E-state index in [1.54, 1.807) is 13.8 Å². The molecule has 2 heterocycles. The number of esters is 2. The Morgan fingerprint density at radius 1 is 0.828 bits per heavy atom. The number of aromatic amines is 2. The van der Waals surface area contributed by atoms with Gasteiger partial charge in [-0.2, -0.15) is 0 Å². The number of aryl methyl sites for hydroxylation is 2. The van der Waals surface area contributed by atoms with Crippen molar-refractivity contribution < 1.29 is 19.1 Å². The molecule has 0 saturated carbocycles. The van der Waals surface area contributed by atoms with Crippen molar-refractivity contribution in [2.24, 2.45) is 0 Å². The van der Waals surface area contributed by atoms with Crippen molar-refractivity contribution in [2.75, 3.05) is 13.2 Å². The standard InChI is InChI=1S/C23H26N2O4/c1-5-28-22(26)17-12-19(24-14(17)3)21(16-10-8-7-9-11-16)20-13-18(15(4)25-20)23(27)29-6-2/h7-13,21,24-25H,5-6H2,1-4H3. The molecule has 3 rings (SSSR count). The molecule has 29 heavy (non-hydrogen) atoms. The van der Waals surface area contributed by atoms with Crippen LogP contribution in [0.25, 0.3) is 0 Å². The second-order valence-electron chi connectivity index (χ2n) is 6.81. The first-order valence-electron chi connectivity index (χ1n) is 9.74. The van der Waals surface area contributed by atoms with E-state index >= 15 is 0 Å². The lowest BCUT2D eigenvalue weighted by Gasteiger charge is -2.15. The normalized spacial score (nSPS) is 10.9. The molecule has 0 aliphatic carbocycles. The minimum absolute atomic E-state index is 0.208. The topological polar surface area (TPSA) is 84.2 Å². The maximum atomic E-state index is 12.3. The molecule has 0 aliphatic rings. The molecule has 152 valence electrons. The first-order chi connectivity index (χ1) is 14.0. The molecule has 6 heteroatoms. The van der Waals surface area contributed by atoms with Crippen molar-refractivity contribution in [3.8, 4) is 0 Å². The zero-order valence-electron chi connectivity index (χ0n) is 17.2. The van der Waals surface area contributed by atoms with Crippen LogP contribution in [0.2, 0.25) is 0 Å². The van der Waals surface area contributed by atoms with E-state index in [4.69, 9.17) is 9.47 Å². The molecule has 0 aliphatic heterocycles. The smallest absolute Gasteiger partial charge is 0.339 e. The van der Waals surface area contributed by atoms with E-state index in [2.05, 4.69) is 9.97 Å². The summed E-state index contributed by atoms with van der Waals surface area (Å²) in [4.78, 5) is 31.2. The van der Waals surface area contributed by atoms with Crippen molar-refractivity contribution in [1.82, 2.24) is 9.97 Å². The average molecular weight is 394 g/mol. The predicted octanol–water partition coefficient (Wildman–Crippen LogP) is 4.49. The average Bonchev–Trinajstić information content (AvgIpc) is 3.26. The van der Waals surface area contributed by atoms with Gasteiger partial charge in [-0.15, -0.1) is 0 Å². The molecule has 0 saturated heterocycles. The van der Waals surface area contributed by atoms with E-state index in [1.165, 1.54) is 0 Å². The van der Waals surface area contributed by atoms with Gasteiger partial charge < -0.3 is 19.4 Å². The SMILES string of the molecule is CCOC(=O)c1cc(C(c2ccccc2)c2cc(C(=O)OCC)c(C)[nH]2)[nH]c1C. The number of ether oxygens (including phenoxy) is 2. The summed E-state index contributed by atoms with van der Waals surface area (Å²) in [5, 5.41) is 0. The summed E-state index contributed by atoms with van der Waals surface area (Å²) in [6.07, 6.45) is 0. The molecule has 2 aromatic heterocycles. The molecule has 0 amide bonds. The van der Waals surface area contributed by atoms with Crippen molar-refractivity contribution in [3.63, 3.8) is 0 Å². The van der Waals surface area contributed by atoms with Gasteiger partial charge in [-0.05, 0) is 45.4 Å². The van der Waals surface area contributed by atoms with Crippen LogP contribution in [-0.4, -0.2) is 35.1 Å². The molecule has 0 bridgehead atoms. The van der Waals surface area contributed by atoms with Crippen LogP contribution >= 0.6 is 0 Å². The van der Waals surface area contributed by atoms with Crippen molar-refractivity contribution >= 4 is 11.9 Å².